The molecule has 0 spiro atoms. The molecule has 0 aliphatic carbocycles. The largest absolute Gasteiger partial charge is 0.373 e. The summed E-state index contributed by atoms with van der Waals surface area (Å²) in [5, 5.41) is 4.36. The molecule has 2 bridgehead atoms. The van der Waals surface area contributed by atoms with Crippen LogP contribution in [0.1, 0.15) is 24.0 Å². The summed E-state index contributed by atoms with van der Waals surface area (Å²) < 4.78 is 7.40. The molecule has 0 N–H and O–H groups in total. The van der Waals surface area contributed by atoms with Gasteiger partial charge < -0.3 is 4.74 Å². The highest BCUT2D eigenvalue weighted by molar-refractivity contribution is 6.21. The number of fused-ring (bicyclic) bond motifs is 5. The van der Waals surface area contributed by atoms with Crippen LogP contribution in [0, 0.1) is 18.8 Å². The molecule has 0 saturated carbocycles. The first-order valence-electron chi connectivity index (χ1n) is 8.60. The van der Waals surface area contributed by atoms with E-state index in [1.165, 1.54) is 5.56 Å². The molecular weight excluding hydrogens is 320 g/mol. The molecule has 25 heavy (non-hydrogen) atoms. The van der Waals surface area contributed by atoms with Gasteiger partial charge in [0.25, 0.3) is 5.95 Å². The van der Waals surface area contributed by atoms with Gasteiger partial charge in [-0.05, 0) is 25.3 Å². The molecule has 4 atom stereocenters. The maximum atomic E-state index is 12.7. The molecule has 3 aliphatic rings. The predicted octanol–water partition coefficient (Wildman–Crippen LogP) is 1.30. The van der Waals surface area contributed by atoms with Gasteiger partial charge in [0.1, 0.15) is 6.33 Å². The van der Waals surface area contributed by atoms with E-state index < -0.39 is 0 Å². The number of amides is 2. The van der Waals surface area contributed by atoms with Crippen LogP contribution in [0.5, 0.6) is 0 Å². The lowest BCUT2D eigenvalue weighted by Crippen LogP contribution is -2.35. The normalized spacial score (nSPS) is 30.4. The Morgan fingerprint density at radius 1 is 1.16 bits per heavy atom. The zero-order valence-corrected chi connectivity index (χ0v) is 13.8. The van der Waals surface area contributed by atoms with E-state index in [2.05, 4.69) is 16.1 Å². The number of carbonyl (C=O) groups excluding carboxylic acids is 2. The molecule has 2 aromatic rings. The van der Waals surface area contributed by atoms with Gasteiger partial charge in [0, 0.05) is 0 Å². The highest BCUT2D eigenvalue weighted by Gasteiger charge is 2.63. The van der Waals surface area contributed by atoms with Crippen molar-refractivity contribution in [3.8, 4) is 0 Å². The van der Waals surface area contributed by atoms with E-state index in [9.17, 15) is 9.59 Å². The van der Waals surface area contributed by atoms with Crippen LogP contribution in [0.25, 0.3) is 0 Å². The summed E-state index contributed by atoms with van der Waals surface area (Å²) in [6, 6.07) is 8.12. The van der Waals surface area contributed by atoms with E-state index in [1.54, 1.807) is 11.0 Å². The summed E-state index contributed by atoms with van der Waals surface area (Å²) >= 11 is 0. The monoisotopic (exact) mass is 338 g/mol. The third-order valence-corrected chi connectivity index (χ3v) is 5.44. The minimum atomic E-state index is -0.352. The smallest absolute Gasteiger partial charge is 0.258 e. The first-order chi connectivity index (χ1) is 12.1. The Morgan fingerprint density at radius 3 is 2.56 bits per heavy atom. The topological polar surface area (TPSA) is 77.3 Å². The van der Waals surface area contributed by atoms with Crippen LogP contribution in [0.3, 0.4) is 0 Å². The average molecular weight is 338 g/mol. The van der Waals surface area contributed by atoms with Crippen molar-refractivity contribution in [2.45, 2.75) is 38.5 Å². The summed E-state index contributed by atoms with van der Waals surface area (Å²) in [7, 11) is 0. The molecule has 2 amide bonds. The molecule has 7 nitrogen and oxygen atoms in total. The fraction of sp³-hybridized carbons (Fsp3) is 0.444. The van der Waals surface area contributed by atoms with Gasteiger partial charge in [-0.25, -0.2) is 9.58 Å². The Labute approximate surface area is 144 Å². The van der Waals surface area contributed by atoms with E-state index in [0.29, 0.717) is 6.54 Å². The molecule has 1 aromatic carbocycles. The van der Waals surface area contributed by atoms with Crippen LogP contribution in [-0.2, 0) is 20.9 Å². The number of hydrogen-bond acceptors (Lipinski definition) is 5. The van der Waals surface area contributed by atoms with E-state index in [1.807, 2.05) is 25.1 Å². The number of hydrogen-bond donors (Lipinski definition) is 0. The Hall–Kier alpha value is -2.54. The minimum absolute atomic E-state index is 0.120. The van der Waals surface area contributed by atoms with Crippen molar-refractivity contribution in [1.29, 1.82) is 0 Å². The van der Waals surface area contributed by atoms with Gasteiger partial charge in [0.2, 0.25) is 11.8 Å². The van der Waals surface area contributed by atoms with Crippen molar-refractivity contribution in [3.63, 3.8) is 0 Å². The summed E-state index contributed by atoms with van der Waals surface area (Å²) in [4.78, 5) is 30.8. The van der Waals surface area contributed by atoms with E-state index in [-0.39, 0.29) is 41.8 Å². The fourth-order valence-corrected chi connectivity index (χ4v) is 4.37. The van der Waals surface area contributed by atoms with Crippen LogP contribution >= 0.6 is 0 Å². The number of aromatic nitrogens is 3. The van der Waals surface area contributed by atoms with Crippen LogP contribution in [0.2, 0.25) is 0 Å². The Morgan fingerprint density at radius 2 is 1.88 bits per heavy atom. The molecule has 5 rings (SSSR count). The summed E-state index contributed by atoms with van der Waals surface area (Å²) in [6.07, 6.45) is 3.04. The molecule has 128 valence electrons. The van der Waals surface area contributed by atoms with Crippen LogP contribution in [0.15, 0.2) is 30.6 Å². The fourth-order valence-electron chi connectivity index (χ4n) is 4.37. The van der Waals surface area contributed by atoms with Gasteiger partial charge in [-0.1, -0.05) is 29.8 Å². The van der Waals surface area contributed by atoms with Gasteiger partial charge in [0.05, 0.1) is 30.6 Å². The van der Waals surface area contributed by atoms with Crippen LogP contribution in [-0.4, -0.2) is 38.8 Å². The maximum Gasteiger partial charge on any atom is 0.258 e. The quantitative estimate of drug-likeness (QED) is 0.789. The molecular formula is C18H18N4O3. The number of anilines is 1. The average Bonchev–Trinajstić information content (AvgIpc) is 3.33. The van der Waals surface area contributed by atoms with E-state index >= 15 is 0 Å². The number of carbonyl (C=O) groups is 2. The standard InChI is InChI=1S/C18H18N4O3/c1-10-3-2-4-11(7-10)8-21-9-19-18(20-21)22-16(23)14-12-5-6-13(25-12)15(14)17(22)24/h2-4,7,9,12-15H,5-6,8H2,1H3/t12-,13-,14-,15+/m0/s1. The van der Waals surface area contributed by atoms with Crippen LogP contribution < -0.4 is 4.90 Å². The number of imide groups is 1. The third kappa shape index (κ3) is 2.15. The predicted molar refractivity (Wildman–Crippen MR) is 87.7 cm³/mol. The van der Waals surface area contributed by atoms with Gasteiger partial charge in [-0.2, -0.15) is 4.98 Å². The van der Waals surface area contributed by atoms with Gasteiger partial charge in [-0.15, -0.1) is 5.10 Å². The lowest BCUT2D eigenvalue weighted by Gasteiger charge is -2.14. The number of rotatable bonds is 3. The maximum absolute atomic E-state index is 12.7. The van der Waals surface area contributed by atoms with E-state index in [0.717, 1.165) is 23.3 Å². The second kappa shape index (κ2) is 5.23. The SMILES string of the molecule is Cc1cccc(Cn2cnc(N3C(=O)[C@@H]4[C@H](C3=O)[C@@H]3CC[C@@H]4O3)n2)c1. The van der Waals surface area contributed by atoms with Crippen molar-refractivity contribution >= 4 is 17.8 Å². The number of ether oxygens (including phenoxy) is 1. The summed E-state index contributed by atoms with van der Waals surface area (Å²) in [6.45, 7) is 2.58. The second-order valence-corrected chi connectivity index (χ2v) is 7.08. The number of benzene rings is 1. The molecule has 7 heteroatoms. The Balaban J connectivity index is 1.40. The molecule has 3 aliphatic heterocycles. The molecule has 0 radical (unpaired) electrons. The third-order valence-electron chi connectivity index (χ3n) is 5.44. The van der Waals surface area contributed by atoms with Crippen LogP contribution in [0.4, 0.5) is 5.95 Å². The van der Waals surface area contributed by atoms with E-state index in [4.69, 9.17) is 4.74 Å². The summed E-state index contributed by atoms with van der Waals surface area (Å²) in [5.74, 6) is -0.951. The summed E-state index contributed by atoms with van der Waals surface area (Å²) in [5.41, 5.74) is 2.27. The number of nitrogens with zero attached hydrogens (tertiary/aromatic N) is 4. The van der Waals surface area contributed by atoms with Crippen molar-refractivity contribution < 1.29 is 14.3 Å². The zero-order valence-electron chi connectivity index (χ0n) is 13.8. The first-order valence-corrected chi connectivity index (χ1v) is 8.60. The lowest BCUT2D eigenvalue weighted by molar-refractivity contribution is -0.124. The molecule has 3 saturated heterocycles. The van der Waals surface area contributed by atoms with Crippen molar-refractivity contribution in [1.82, 2.24) is 14.8 Å². The minimum Gasteiger partial charge on any atom is -0.373 e. The highest BCUT2D eigenvalue weighted by atomic mass is 16.5. The lowest BCUT2D eigenvalue weighted by atomic mass is 9.81. The van der Waals surface area contributed by atoms with Crippen molar-refractivity contribution in [3.05, 3.63) is 41.7 Å². The molecule has 4 heterocycles. The number of aryl methyl sites for hydroxylation is 1. The van der Waals surface area contributed by atoms with Gasteiger partial charge in [-0.3, -0.25) is 9.59 Å². The zero-order chi connectivity index (χ0) is 17.1. The van der Waals surface area contributed by atoms with Gasteiger partial charge >= 0.3 is 0 Å². The highest BCUT2D eigenvalue weighted by Crippen LogP contribution is 2.48. The molecule has 1 aromatic heterocycles. The molecule has 3 fully saturated rings. The van der Waals surface area contributed by atoms with Crippen molar-refractivity contribution in [2.75, 3.05) is 4.90 Å². The van der Waals surface area contributed by atoms with Crippen molar-refractivity contribution in [2.24, 2.45) is 11.8 Å². The Bertz CT molecular complexity index is 849. The molecule has 0 unspecified atom stereocenters. The second-order valence-electron chi connectivity index (χ2n) is 7.08. The Kier molecular flexibility index (Phi) is 3.09. The van der Waals surface area contributed by atoms with Gasteiger partial charge in [0.15, 0.2) is 0 Å². The first kappa shape index (κ1) is 14.8.